The van der Waals surface area contributed by atoms with Crippen LogP contribution in [-0.4, -0.2) is 22.6 Å². The molecule has 0 aliphatic heterocycles. The van der Waals surface area contributed by atoms with Crippen molar-refractivity contribution in [3.63, 3.8) is 0 Å². The van der Waals surface area contributed by atoms with E-state index >= 15 is 0 Å². The number of rotatable bonds is 4. The molecule has 1 aromatic rings. The van der Waals surface area contributed by atoms with E-state index in [0.717, 1.165) is 23.2 Å². The predicted octanol–water partition coefficient (Wildman–Crippen LogP) is 3.42. The lowest BCUT2D eigenvalue weighted by Gasteiger charge is -2.33. The molecule has 1 fully saturated rings. The summed E-state index contributed by atoms with van der Waals surface area (Å²) in [6.07, 6.45) is 5.31. The molecule has 1 saturated carbocycles. The number of aromatic nitrogens is 2. The number of anilines is 1. The summed E-state index contributed by atoms with van der Waals surface area (Å²) < 4.78 is 5.51. The topological polar surface area (TPSA) is 47.0 Å². The molecule has 0 saturated heterocycles. The van der Waals surface area contributed by atoms with E-state index in [0.29, 0.717) is 18.5 Å². The Morgan fingerprint density at radius 2 is 2.05 bits per heavy atom. The highest BCUT2D eigenvalue weighted by atomic mass is 16.5. The van der Waals surface area contributed by atoms with Crippen LogP contribution >= 0.6 is 0 Å². The van der Waals surface area contributed by atoms with E-state index in [2.05, 4.69) is 29.1 Å². The van der Waals surface area contributed by atoms with E-state index < -0.39 is 0 Å². The maximum atomic E-state index is 5.51. The van der Waals surface area contributed by atoms with Gasteiger partial charge < -0.3 is 10.1 Å². The van der Waals surface area contributed by atoms with E-state index in [1.54, 1.807) is 6.33 Å². The predicted molar refractivity (Wildman–Crippen MR) is 77.5 cm³/mol. The van der Waals surface area contributed by atoms with Crippen molar-refractivity contribution in [1.29, 1.82) is 0 Å². The summed E-state index contributed by atoms with van der Waals surface area (Å²) in [5.41, 5.74) is 1.01. The van der Waals surface area contributed by atoms with Gasteiger partial charge in [-0.3, -0.25) is 0 Å². The fourth-order valence-electron chi connectivity index (χ4n) is 2.73. The zero-order valence-electron chi connectivity index (χ0n) is 12.4. The lowest BCUT2D eigenvalue weighted by atomic mass is 9.79. The minimum Gasteiger partial charge on any atom is -0.478 e. The molecular weight excluding hydrogens is 238 g/mol. The Kier molecular flexibility index (Phi) is 4.61. The van der Waals surface area contributed by atoms with Crippen molar-refractivity contribution in [3.05, 3.63) is 11.9 Å². The summed E-state index contributed by atoms with van der Waals surface area (Å²) in [7, 11) is 0. The van der Waals surface area contributed by atoms with Crippen LogP contribution in [-0.2, 0) is 0 Å². The van der Waals surface area contributed by atoms with Crippen LogP contribution in [0.5, 0.6) is 5.88 Å². The Balaban J connectivity index is 2.05. The van der Waals surface area contributed by atoms with Gasteiger partial charge in [-0.25, -0.2) is 9.97 Å². The Morgan fingerprint density at radius 3 is 2.74 bits per heavy atom. The summed E-state index contributed by atoms with van der Waals surface area (Å²) in [6.45, 7) is 9.32. The monoisotopic (exact) mass is 263 g/mol. The van der Waals surface area contributed by atoms with Crippen LogP contribution in [0.25, 0.3) is 0 Å². The Bertz CT molecular complexity index is 422. The molecule has 0 amide bonds. The molecule has 3 unspecified atom stereocenters. The zero-order valence-corrected chi connectivity index (χ0v) is 12.4. The third-order valence-corrected chi connectivity index (χ3v) is 4.26. The summed E-state index contributed by atoms with van der Waals surface area (Å²) in [6, 6.07) is 0.522. The van der Waals surface area contributed by atoms with E-state index in [1.165, 1.54) is 19.3 Å². The van der Waals surface area contributed by atoms with Crippen LogP contribution < -0.4 is 10.1 Å². The van der Waals surface area contributed by atoms with Crippen molar-refractivity contribution >= 4 is 5.82 Å². The summed E-state index contributed by atoms with van der Waals surface area (Å²) in [4.78, 5) is 8.53. The molecule has 1 aromatic heterocycles. The smallest absolute Gasteiger partial charge is 0.221 e. The van der Waals surface area contributed by atoms with Crippen LogP contribution in [0.1, 0.15) is 45.6 Å². The molecule has 4 nitrogen and oxygen atoms in total. The Hall–Kier alpha value is -1.32. The van der Waals surface area contributed by atoms with Gasteiger partial charge in [0.2, 0.25) is 5.88 Å². The van der Waals surface area contributed by atoms with Crippen molar-refractivity contribution in [1.82, 2.24) is 9.97 Å². The minimum absolute atomic E-state index is 0.522. The average molecular weight is 263 g/mol. The molecule has 0 radical (unpaired) electrons. The third kappa shape index (κ3) is 3.37. The van der Waals surface area contributed by atoms with E-state index in [4.69, 9.17) is 4.74 Å². The van der Waals surface area contributed by atoms with Crippen LogP contribution in [0, 0.1) is 18.8 Å². The fraction of sp³-hybridized carbons (Fsp3) is 0.733. The number of nitrogens with one attached hydrogen (secondary N) is 1. The molecule has 1 aliphatic carbocycles. The average Bonchev–Trinajstić information content (AvgIpc) is 2.39. The number of nitrogens with zero attached hydrogens (tertiary/aromatic N) is 2. The molecule has 1 aliphatic rings. The molecule has 3 atom stereocenters. The first-order chi connectivity index (χ1) is 9.11. The Morgan fingerprint density at radius 1 is 1.26 bits per heavy atom. The van der Waals surface area contributed by atoms with Gasteiger partial charge in [-0.05, 0) is 44.9 Å². The van der Waals surface area contributed by atoms with Gasteiger partial charge >= 0.3 is 0 Å². The second-order valence-electron chi connectivity index (χ2n) is 5.69. The van der Waals surface area contributed by atoms with Crippen molar-refractivity contribution in [2.24, 2.45) is 11.8 Å². The molecule has 0 spiro atoms. The highest BCUT2D eigenvalue weighted by Crippen LogP contribution is 2.31. The molecule has 106 valence electrons. The number of ether oxygens (including phenoxy) is 1. The van der Waals surface area contributed by atoms with Gasteiger partial charge in [0.15, 0.2) is 0 Å². The second-order valence-corrected chi connectivity index (χ2v) is 5.69. The van der Waals surface area contributed by atoms with E-state index in [9.17, 15) is 0 Å². The number of hydrogen-bond donors (Lipinski definition) is 1. The van der Waals surface area contributed by atoms with Crippen LogP contribution in [0.3, 0.4) is 0 Å². The minimum atomic E-state index is 0.522. The summed E-state index contributed by atoms with van der Waals surface area (Å²) >= 11 is 0. The van der Waals surface area contributed by atoms with Gasteiger partial charge in [0, 0.05) is 6.04 Å². The fourth-order valence-corrected chi connectivity index (χ4v) is 2.73. The van der Waals surface area contributed by atoms with Gasteiger partial charge in [0.25, 0.3) is 0 Å². The van der Waals surface area contributed by atoms with Gasteiger partial charge in [0.05, 0.1) is 12.2 Å². The standard InChI is InChI=1S/C15H25N3O/c1-5-19-15-12(4)14(16-9-17-15)18-13-7-6-10(2)11(3)8-13/h9-11,13H,5-8H2,1-4H3,(H,16,17,18). The third-order valence-electron chi connectivity index (χ3n) is 4.26. The zero-order chi connectivity index (χ0) is 13.8. The molecule has 0 bridgehead atoms. The largest absolute Gasteiger partial charge is 0.478 e. The highest BCUT2D eigenvalue weighted by Gasteiger charge is 2.25. The highest BCUT2D eigenvalue weighted by molar-refractivity contribution is 5.48. The van der Waals surface area contributed by atoms with Crippen molar-refractivity contribution in [2.45, 2.75) is 53.0 Å². The lowest BCUT2D eigenvalue weighted by Crippen LogP contribution is -2.31. The maximum absolute atomic E-state index is 5.51. The van der Waals surface area contributed by atoms with Gasteiger partial charge in [-0.15, -0.1) is 0 Å². The van der Waals surface area contributed by atoms with Crippen molar-refractivity contribution < 1.29 is 4.74 Å². The number of hydrogen-bond acceptors (Lipinski definition) is 4. The molecule has 2 rings (SSSR count). The lowest BCUT2D eigenvalue weighted by molar-refractivity contribution is 0.260. The molecule has 4 heteroatoms. The molecule has 19 heavy (non-hydrogen) atoms. The van der Waals surface area contributed by atoms with Crippen LogP contribution in [0.2, 0.25) is 0 Å². The van der Waals surface area contributed by atoms with Gasteiger partial charge in [-0.2, -0.15) is 0 Å². The molecule has 1 heterocycles. The van der Waals surface area contributed by atoms with Gasteiger partial charge in [-0.1, -0.05) is 13.8 Å². The first kappa shape index (κ1) is 14.1. The molecule has 0 aromatic carbocycles. The second kappa shape index (κ2) is 6.22. The van der Waals surface area contributed by atoms with Crippen LogP contribution in [0.4, 0.5) is 5.82 Å². The Labute approximate surface area is 116 Å². The SMILES string of the molecule is CCOc1ncnc(NC2CCC(C)C(C)C2)c1C. The van der Waals surface area contributed by atoms with Gasteiger partial charge in [0.1, 0.15) is 12.1 Å². The maximum Gasteiger partial charge on any atom is 0.221 e. The van der Waals surface area contributed by atoms with E-state index in [-0.39, 0.29) is 0 Å². The summed E-state index contributed by atoms with van der Waals surface area (Å²) in [5.74, 6) is 3.23. The van der Waals surface area contributed by atoms with Crippen molar-refractivity contribution in [3.8, 4) is 5.88 Å². The molecular formula is C15H25N3O. The normalized spacial score (nSPS) is 27.1. The summed E-state index contributed by atoms with van der Waals surface area (Å²) in [5, 5.41) is 3.57. The first-order valence-corrected chi connectivity index (χ1v) is 7.32. The quantitative estimate of drug-likeness (QED) is 0.904. The van der Waals surface area contributed by atoms with Crippen molar-refractivity contribution in [2.75, 3.05) is 11.9 Å². The van der Waals surface area contributed by atoms with E-state index in [1.807, 2.05) is 13.8 Å². The molecule has 1 N–H and O–H groups in total. The first-order valence-electron chi connectivity index (χ1n) is 7.32. The van der Waals surface area contributed by atoms with Crippen LogP contribution in [0.15, 0.2) is 6.33 Å².